The van der Waals surface area contributed by atoms with Crippen molar-refractivity contribution >= 4 is 23.1 Å². The second kappa shape index (κ2) is 10.1. The molecule has 1 aliphatic heterocycles. The number of carbonyl (C=O) groups excluding carboxylic acids is 2. The molecule has 0 aromatic heterocycles. The number of anilines is 1. The number of amides is 1. The fourth-order valence-corrected chi connectivity index (χ4v) is 4.36. The van der Waals surface area contributed by atoms with Gasteiger partial charge in [-0.2, -0.15) is 0 Å². The number of Topliss-reactive ketones (excluding diaryl/α,β-unsaturated/α-hetero) is 1. The van der Waals surface area contributed by atoms with Crippen molar-refractivity contribution in [3.63, 3.8) is 0 Å². The number of rotatable bonds is 7. The minimum atomic E-state index is -0.791. The zero-order chi connectivity index (χ0) is 25.1. The van der Waals surface area contributed by atoms with E-state index < -0.39 is 17.7 Å². The highest BCUT2D eigenvalue weighted by Gasteiger charge is 2.47. The molecule has 180 valence electrons. The average molecular weight is 472 g/mol. The number of ketones is 1. The average Bonchev–Trinajstić information content (AvgIpc) is 3.15. The monoisotopic (exact) mass is 471 g/mol. The lowest BCUT2D eigenvalue weighted by Crippen LogP contribution is -2.29. The van der Waals surface area contributed by atoms with Crippen LogP contribution in [0, 0.1) is 6.92 Å². The normalized spacial score (nSPS) is 17.0. The standard InChI is InChI=1S/C29H29NO5/c1-5-19-7-12-22(13-8-19)30-26(20-9-14-23(34-4)15-10-20)25(28(32)29(30)33)27(31)21-11-16-24(35-6-2)18(3)17-21/h7-17,26,31H,5-6H2,1-4H3/b27-25-. The number of aliphatic hydroxyl groups is 1. The van der Waals surface area contributed by atoms with Gasteiger partial charge in [-0.1, -0.05) is 31.2 Å². The predicted molar refractivity (Wildman–Crippen MR) is 136 cm³/mol. The maximum Gasteiger partial charge on any atom is 0.300 e. The summed E-state index contributed by atoms with van der Waals surface area (Å²) in [6.07, 6.45) is 0.859. The summed E-state index contributed by atoms with van der Waals surface area (Å²) in [5, 5.41) is 11.3. The van der Waals surface area contributed by atoms with Crippen LogP contribution in [0.25, 0.3) is 5.76 Å². The Labute approximate surface area is 205 Å². The van der Waals surface area contributed by atoms with E-state index in [2.05, 4.69) is 6.92 Å². The molecule has 0 bridgehead atoms. The third-order valence-electron chi connectivity index (χ3n) is 6.25. The number of ether oxygens (including phenoxy) is 2. The van der Waals surface area contributed by atoms with Crippen LogP contribution < -0.4 is 14.4 Å². The van der Waals surface area contributed by atoms with Gasteiger partial charge in [-0.25, -0.2) is 0 Å². The molecule has 1 heterocycles. The summed E-state index contributed by atoms with van der Waals surface area (Å²) in [4.78, 5) is 28.1. The quantitative estimate of drug-likeness (QED) is 0.276. The zero-order valence-corrected chi connectivity index (χ0v) is 20.4. The smallest absolute Gasteiger partial charge is 0.300 e. The Kier molecular flexibility index (Phi) is 6.92. The number of aryl methyl sites for hydroxylation is 2. The first-order valence-corrected chi connectivity index (χ1v) is 11.7. The summed E-state index contributed by atoms with van der Waals surface area (Å²) in [5.74, 6) is -0.274. The Bertz CT molecular complexity index is 1280. The number of carbonyl (C=O) groups is 2. The molecule has 3 aromatic rings. The molecule has 1 aliphatic rings. The maximum atomic E-state index is 13.3. The van der Waals surface area contributed by atoms with Gasteiger partial charge in [0.05, 0.1) is 25.3 Å². The molecule has 0 aliphatic carbocycles. The van der Waals surface area contributed by atoms with Crippen molar-refractivity contribution in [3.8, 4) is 11.5 Å². The van der Waals surface area contributed by atoms with Crippen LogP contribution in [0.4, 0.5) is 5.69 Å². The van der Waals surface area contributed by atoms with Crippen LogP contribution in [0.3, 0.4) is 0 Å². The Morgan fingerprint density at radius 3 is 2.23 bits per heavy atom. The molecule has 1 fully saturated rings. The fraction of sp³-hybridized carbons (Fsp3) is 0.241. The number of methoxy groups -OCH3 is 1. The summed E-state index contributed by atoms with van der Waals surface area (Å²) >= 11 is 0. The number of nitrogens with zero attached hydrogens (tertiary/aromatic N) is 1. The summed E-state index contributed by atoms with van der Waals surface area (Å²) in [6.45, 7) is 6.34. The van der Waals surface area contributed by atoms with Gasteiger partial charge in [-0.15, -0.1) is 0 Å². The van der Waals surface area contributed by atoms with Gasteiger partial charge in [0.15, 0.2) is 0 Å². The van der Waals surface area contributed by atoms with Crippen LogP contribution in [0.15, 0.2) is 72.3 Å². The highest BCUT2D eigenvalue weighted by Crippen LogP contribution is 2.42. The van der Waals surface area contributed by atoms with Gasteiger partial charge in [0.1, 0.15) is 17.3 Å². The molecule has 1 amide bonds. The Balaban J connectivity index is 1.88. The summed E-state index contributed by atoms with van der Waals surface area (Å²) in [7, 11) is 1.57. The van der Waals surface area contributed by atoms with Gasteiger partial charge in [0.25, 0.3) is 11.7 Å². The molecule has 6 heteroatoms. The Hall–Kier alpha value is -4.06. The topological polar surface area (TPSA) is 76.1 Å². The van der Waals surface area contributed by atoms with E-state index in [9.17, 15) is 14.7 Å². The highest BCUT2D eigenvalue weighted by molar-refractivity contribution is 6.51. The molecule has 35 heavy (non-hydrogen) atoms. The first kappa shape index (κ1) is 24.1. The molecule has 1 saturated heterocycles. The molecule has 6 nitrogen and oxygen atoms in total. The molecule has 1 N–H and O–H groups in total. The minimum absolute atomic E-state index is 0.0447. The lowest BCUT2D eigenvalue weighted by Gasteiger charge is -2.26. The molecule has 3 aromatic carbocycles. The SMILES string of the molecule is CCOc1ccc(/C(O)=C2/C(=O)C(=O)N(c3ccc(CC)cc3)C2c2ccc(OC)cc2)cc1C. The van der Waals surface area contributed by atoms with Crippen molar-refractivity contribution in [1.82, 2.24) is 0 Å². The second-order valence-electron chi connectivity index (χ2n) is 8.38. The van der Waals surface area contributed by atoms with Crippen molar-refractivity contribution in [1.29, 1.82) is 0 Å². The molecule has 0 radical (unpaired) electrons. The number of hydrogen-bond donors (Lipinski definition) is 1. The number of hydrogen-bond acceptors (Lipinski definition) is 5. The Morgan fingerprint density at radius 1 is 0.971 bits per heavy atom. The Morgan fingerprint density at radius 2 is 1.66 bits per heavy atom. The van der Waals surface area contributed by atoms with Gasteiger partial charge in [-0.05, 0) is 79.4 Å². The first-order chi connectivity index (χ1) is 16.9. The predicted octanol–water partition coefficient (Wildman–Crippen LogP) is 5.59. The number of aliphatic hydroxyl groups excluding tert-OH is 1. The molecular weight excluding hydrogens is 442 g/mol. The molecule has 0 saturated carbocycles. The van der Waals surface area contributed by atoms with E-state index >= 15 is 0 Å². The number of benzene rings is 3. The van der Waals surface area contributed by atoms with E-state index in [1.165, 1.54) is 4.90 Å². The van der Waals surface area contributed by atoms with Crippen molar-refractivity contribution in [2.24, 2.45) is 0 Å². The van der Waals surface area contributed by atoms with Crippen molar-refractivity contribution in [2.75, 3.05) is 18.6 Å². The largest absolute Gasteiger partial charge is 0.507 e. The minimum Gasteiger partial charge on any atom is -0.507 e. The van der Waals surface area contributed by atoms with Crippen LogP contribution in [-0.2, 0) is 16.0 Å². The van der Waals surface area contributed by atoms with Gasteiger partial charge in [0, 0.05) is 11.3 Å². The molecule has 4 rings (SSSR count). The van der Waals surface area contributed by atoms with Crippen LogP contribution in [-0.4, -0.2) is 30.5 Å². The van der Waals surface area contributed by atoms with E-state index in [1.54, 1.807) is 49.6 Å². The van der Waals surface area contributed by atoms with Gasteiger partial charge >= 0.3 is 0 Å². The van der Waals surface area contributed by atoms with Crippen LogP contribution in [0.5, 0.6) is 11.5 Å². The third kappa shape index (κ3) is 4.52. The fourth-order valence-electron chi connectivity index (χ4n) is 4.36. The van der Waals surface area contributed by atoms with Gasteiger partial charge in [0.2, 0.25) is 0 Å². The van der Waals surface area contributed by atoms with Gasteiger partial charge in [-0.3, -0.25) is 14.5 Å². The summed E-state index contributed by atoms with van der Waals surface area (Å²) in [6, 6.07) is 19.1. The molecular formula is C29H29NO5. The summed E-state index contributed by atoms with van der Waals surface area (Å²) in [5.41, 5.74) is 3.71. The van der Waals surface area contributed by atoms with Crippen molar-refractivity contribution < 1.29 is 24.2 Å². The van der Waals surface area contributed by atoms with Crippen LogP contribution >= 0.6 is 0 Å². The maximum absolute atomic E-state index is 13.3. The van der Waals surface area contributed by atoms with Gasteiger partial charge < -0.3 is 14.6 Å². The van der Waals surface area contributed by atoms with E-state index in [4.69, 9.17) is 9.47 Å². The van der Waals surface area contributed by atoms with E-state index in [0.717, 1.165) is 17.5 Å². The van der Waals surface area contributed by atoms with E-state index in [1.807, 2.05) is 38.1 Å². The lowest BCUT2D eigenvalue weighted by atomic mass is 9.94. The van der Waals surface area contributed by atoms with Crippen LogP contribution in [0.2, 0.25) is 0 Å². The van der Waals surface area contributed by atoms with Crippen molar-refractivity contribution in [2.45, 2.75) is 33.2 Å². The first-order valence-electron chi connectivity index (χ1n) is 11.7. The highest BCUT2D eigenvalue weighted by atomic mass is 16.5. The molecule has 1 unspecified atom stereocenters. The molecule has 0 spiro atoms. The van der Waals surface area contributed by atoms with E-state index in [-0.39, 0.29) is 11.3 Å². The molecule has 1 atom stereocenters. The van der Waals surface area contributed by atoms with E-state index in [0.29, 0.717) is 34.9 Å². The third-order valence-corrected chi connectivity index (χ3v) is 6.25. The summed E-state index contributed by atoms with van der Waals surface area (Å²) < 4.78 is 10.9. The van der Waals surface area contributed by atoms with Crippen LogP contribution in [0.1, 0.15) is 42.1 Å². The zero-order valence-electron chi connectivity index (χ0n) is 20.4. The second-order valence-corrected chi connectivity index (χ2v) is 8.38. The lowest BCUT2D eigenvalue weighted by molar-refractivity contribution is -0.132. The van der Waals surface area contributed by atoms with Crippen molar-refractivity contribution in [3.05, 3.63) is 94.6 Å².